The Balaban J connectivity index is 1.50. The minimum Gasteiger partial charge on any atom is -0.494 e. The second-order valence-corrected chi connectivity index (χ2v) is 7.24. The fourth-order valence-electron chi connectivity index (χ4n) is 3.85. The predicted molar refractivity (Wildman–Crippen MR) is 102 cm³/mol. The number of ether oxygens (including phenoxy) is 1. The van der Waals surface area contributed by atoms with Crippen LogP contribution in [0.25, 0.3) is 11.1 Å². The molecule has 1 N–H and O–H groups in total. The molecule has 1 aromatic carbocycles. The zero-order valence-electron chi connectivity index (χ0n) is 15.5. The van der Waals surface area contributed by atoms with E-state index in [1.54, 1.807) is 0 Å². The number of para-hydroxylation sites is 1. The Bertz CT molecular complexity index is 899. The zero-order valence-corrected chi connectivity index (χ0v) is 15.5. The van der Waals surface area contributed by atoms with Crippen molar-refractivity contribution in [1.29, 1.82) is 0 Å². The van der Waals surface area contributed by atoms with Crippen molar-refractivity contribution in [3.05, 3.63) is 42.4 Å². The number of benzene rings is 1. The van der Waals surface area contributed by atoms with Gasteiger partial charge in [-0.3, -0.25) is 0 Å². The number of piperidine rings is 1. The highest BCUT2D eigenvalue weighted by Gasteiger charge is 2.36. The van der Waals surface area contributed by atoms with Crippen LogP contribution in [-0.2, 0) is 0 Å². The first-order chi connectivity index (χ1) is 13.2. The van der Waals surface area contributed by atoms with Crippen molar-refractivity contribution in [2.45, 2.75) is 26.2 Å². The third-order valence-corrected chi connectivity index (χ3v) is 5.36. The van der Waals surface area contributed by atoms with E-state index in [2.05, 4.69) is 20.0 Å². The summed E-state index contributed by atoms with van der Waals surface area (Å²) >= 11 is 0. The van der Waals surface area contributed by atoms with Gasteiger partial charge in [-0.2, -0.15) is 4.98 Å². The summed E-state index contributed by atoms with van der Waals surface area (Å²) in [5.41, 5.74) is 1.08. The quantitative estimate of drug-likeness (QED) is 0.716. The first-order valence-electron chi connectivity index (χ1n) is 9.31. The molecule has 142 valence electrons. The monoisotopic (exact) mass is 368 g/mol. The lowest BCUT2D eigenvalue weighted by molar-refractivity contribution is 0.0793. The van der Waals surface area contributed by atoms with E-state index in [0.29, 0.717) is 12.3 Å². The predicted octanol–water partition coefficient (Wildman–Crippen LogP) is 2.97. The number of rotatable bonds is 6. The molecule has 3 heterocycles. The van der Waals surface area contributed by atoms with Gasteiger partial charge in [0.05, 0.1) is 18.9 Å². The Morgan fingerprint density at radius 2 is 2.11 bits per heavy atom. The van der Waals surface area contributed by atoms with E-state index in [9.17, 15) is 5.11 Å². The van der Waals surface area contributed by atoms with Gasteiger partial charge in [-0.15, -0.1) is 0 Å². The number of anilines is 1. The highest BCUT2D eigenvalue weighted by molar-refractivity contribution is 5.87. The number of aryl methyl sites for hydroxylation is 1. The summed E-state index contributed by atoms with van der Waals surface area (Å²) in [6.45, 7) is 4.20. The zero-order chi connectivity index (χ0) is 18.7. The standard InChI is InChI=1S/C20H24N4O3/c1-15-17-18(21-14-22-19(17)27-23-15)24-10-5-8-20(12-24,13-25)9-11-26-16-6-3-2-4-7-16/h2-4,6-7,14,25H,5,8-13H2,1H3/t20-/m0/s1. The lowest BCUT2D eigenvalue weighted by Crippen LogP contribution is -2.46. The molecule has 1 aliphatic rings. The van der Waals surface area contributed by atoms with Crippen LogP contribution in [0.15, 0.2) is 41.2 Å². The number of aliphatic hydroxyl groups excluding tert-OH is 1. The van der Waals surface area contributed by atoms with Gasteiger partial charge in [-0.05, 0) is 38.3 Å². The molecular formula is C20H24N4O3. The molecule has 4 rings (SSSR count). The van der Waals surface area contributed by atoms with Gasteiger partial charge in [-0.25, -0.2) is 4.98 Å². The lowest BCUT2D eigenvalue weighted by Gasteiger charge is -2.42. The second-order valence-electron chi connectivity index (χ2n) is 7.24. The average Bonchev–Trinajstić information content (AvgIpc) is 3.10. The Morgan fingerprint density at radius 3 is 2.93 bits per heavy atom. The molecule has 1 saturated heterocycles. The second kappa shape index (κ2) is 7.52. The van der Waals surface area contributed by atoms with Gasteiger partial charge in [0, 0.05) is 18.5 Å². The third-order valence-electron chi connectivity index (χ3n) is 5.36. The Hall–Kier alpha value is -2.67. The summed E-state index contributed by atoms with van der Waals surface area (Å²) in [6, 6.07) is 9.79. The van der Waals surface area contributed by atoms with Crippen molar-refractivity contribution >= 4 is 16.9 Å². The van der Waals surface area contributed by atoms with Crippen LogP contribution in [0.5, 0.6) is 5.75 Å². The van der Waals surface area contributed by atoms with Crippen molar-refractivity contribution < 1.29 is 14.4 Å². The van der Waals surface area contributed by atoms with Crippen LogP contribution < -0.4 is 9.64 Å². The van der Waals surface area contributed by atoms with Crippen molar-refractivity contribution in [1.82, 2.24) is 15.1 Å². The maximum Gasteiger partial charge on any atom is 0.263 e. The summed E-state index contributed by atoms with van der Waals surface area (Å²) in [6.07, 6.45) is 4.25. The number of hydrogen-bond acceptors (Lipinski definition) is 7. The van der Waals surface area contributed by atoms with E-state index in [1.165, 1.54) is 6.33 Å². The molecule has 0 aliphatic carbocycles. The molecule has 27 heavy (non-hydrogen) atoms. The molecule has 2 aromatic heterocycles. The van der Waals surface area contributed by atoms with Crippen LogP contribution >= 0.6 is 0 Å². The normalized spacial score (nSPS) is 20.1. The Kier molecular flexibility index (Phi) is 4.94. The van der Waals surface area contributed by atoms with Gasteiger partial charge >= 0.3 is 0 Å². The molecule has 3 aromatic rings. The van der Waals surface area contributed by atoms with E-state index in [0.717, 1.165) is 55.0 Å². The molecule has 0 amide bonds. The fourth-order valence-corrected chi connectivity index (χ4v) is 3.85. The molecule has 1 aliphatic heterocycles. The minimum atomic E-state index is -0.213. The van der Waals surface area contributed by atoms with Gasteiger partial charge in [0.15, 0.2) is 0 Å². The largest absolute Gasteiger partial charge is 0.494 e. The Labute approximate surface area is 158 Å². The Morgan fingerprint density at radius 1 is 1.26 bits per heavy atom. The maximum absolute atomic E-state index is 10.2. The van der Waals surface area contributed by atoms with Gasteiger partial charge in [0.1, 0.15) is 23.3 Å². The first kappa shape index (κ1) is 17.7. The van der Waals surface area contributed by atoms with E-state index in [1.807, 2.05) is 37.3 Å². The summed E-state index contributed by atoms with van der Waals surface area (Å²) in [5, 5.41) is 15.1. The molecule has 0 unspecified atom stereocenters. The van der Waals surface area contributed by atoms with Crippen LogP contribution in [0.2, 0.25) is 0 Å². The summed E-state index contributed by atoms with van der Waals surface area (Å²) in [7, 11) is 0. The lowest BCUT2D eigenvalue weighted by atomic mass is 9.78. The van der Waals surface area contributed by atoms with Crippen molar-refractivity contribution in [2.75, 3.05) is 31.2 Å². The van der Waals surface area contributed by atoms with Crippen LogP contribution in [0, 0.1) is 12.3 Å². The molecule has 0 saturated carbocycles. The number of fused-ring (bicyclic) bond motifs is 1. The molecular weight excluding hydrogens is 344 g/mol. The summed E-state index contributed by atoms with van der Waals surface area (Å²) in [4.78, 5) is 10.9. The summed E-state index contributed by atoms with van der Waals surface area (Å²) < 4.78 is 11.1. The SMILES string of the molecule is Cc1noc2ncnc(N3CCC[C@](CO)(CCOc4ccccc4)C3)c12. The van der Waals surface area contributed by atoms with Gasteiger partial charge < -0.3 is 19.3 Å². The van der Waals surface area contributed by atoms with Gasteiger partial charge in [-0.1, -0.05) is 23.4 Å². The number of nitrogens with zero attached hydrogens (tertiary/aromatic N) is 4. The highest BCUT2D eigenvalue weighted by Crippen LogP contribution is 2.37. The van der Waals surface area contributed by atoms with Gasteiger partial charge in [0.2, 0.25) is 0 Å². The van der Waals surface area contributed by atoms with E-state index in [4.69, 9.17) is 9.26 Å². The van der Waals surface area contributed by atoms with Crippen molar-refractivity contribution in [3.63, 3.8) is 0 Å². The van der Waals surface area contributed by atoms with Crippen LogP contribution in [0.4, 0.5) is 5.82 Å². The van der Waals surface area contributed by atoms with Gasteiger partial charge in [0.25, 0.3) is 5.71 Å². The smallest absolute Gasteiger partial charge is 0.263 e. The molecule has 7 nitrogen and oxygen atoms in total. The van der Waals surface area contributed by atoms with Crippen LogP contribution in [0.3, 0.4) is 0 Å². The third kappa shape index (κ3) is 3.60. The topological polar surface area (TPSA) is 84.5 Å². The van der Waals surface area contributed by atoms with E-state index < -0.39 is 0 Å². The number of hydrogen-bond donors (Lipinski definition) is 1. The molecule has 0 bridgehead atoms. The minimum absolute atomic E-state index is 0.124. The maximum atomic E-state index is 10.2. The van der Waals surface area contributed by atoms with Crippen LogP contribution in [-0.4, -0.2) is 46.5 Å². The van der Waals surface area contributed by atoms with Crippen molar-refractivity contribution in [2.24, 2.45) is 5.41 Å². The molecule has 0 spiro atoms. The first-order valence-corrected chi connectivity index (χ1v) is 9.31. The average molecular weight is 368 g/mol. The molecule has 0 radical (unpaired) electrons. The molecule has 7 heteroatoms. The highest BCUT2D eigenvalue weighted by atomic mass is 16.5. The number of aromatic nitrogens is 3. The van der Waals surface area contributed by atoms with Crippen LogP contribution in [0.1, 0.15) is 25.0 Å². The summed E-state index contributed by atoms with van der Waals surface area (Å²) in [5.74, 6) is 1.69. The van der Waals surface area contributed by atoms with E-state index >= 15 is 0 Å². The number of aliphatic hydroxyl groups is 1. The van der Waals surface area contributed by atoms with Crippen molar-refractivity contribution in [3.8, 4) is 5.75 Å². The molecule has 1 fully saturated rings. The fraction of sp³-hybridized carbons (Fsp3) is 0.450. The van der Waals surface area contributed by atoms with E-state index in [-0.39, 0.29) is 12.0 Å². The molecule has 1 atom stereocenters.